The Hall–Kier alpha value is -3.51. The maximum atomic E-state index is 15.7. The van der Waals surface area contributed by atoms with Crippen LogP contribution in [0.5, 0.6) is 0 Å². The van der Waals surface area contributed by atoms with Gasteiger partial charge in [0.25, 0.3) is 0 Å². The van der Waals surface area contributed by atoms with Gasteiger partial charge in [0.1, 0.15) is 33.3 Å². The summed E-state index contributed by atoms with van der Waals surface area (Å²) in [6, 6.07) is 16.8. The first-order valence-electron chi connectivity index (χ1n) is 16.9. The first kappa shape index (κ1) is 36.8. The minimum atomic E-state index is -1.50. The highest BCUT2D eigenvalue weighted by atomic mass is 32.2. The quantitative estimate of drug-likeness (QED) is 0.204. The van der Waals surface area contributed by atoms with Crippen LogP contribution in [-0.4, -0.2) is 56.5 Å². The summed E-state index contributed by atoms with van der Waals surface area (Å²) in [5, 5.41) is 2.80. The van der Waals surface area contributed by atoms with Gasteiger partial charge < -0.3 is 19.3 Å². The van der Waals surface area contributed by atoms with Gasteiger partial charge in [-0.2, -0.15) is 0 Å². The van der Waals surface area contributed by atoms with Crippen LogP contribution in [0, 0.1) is 11.7 Å². The topological polar surface area (TPSA) is 116 Å². The Morgan fingerprint density at radius 3 is 2.29 bits per heavy atom. The van der Waals surface area contributed by atoms with Gasteiger partial charge in [-0.05, 0) is 101 Å². The lowest BCUT2D eigenvalue weighted by Gasteiger charge is -2.39. The van der Waals surface area contributed by atoms with E-state index < -0.39 is 56.7 Å². The normalized spacial score (nSPS) is 21.6. The number of ether oxygens (including phenoxy) is 2. The summed E-state index contributed by atoms with van der Waals surface area (Å²) in [6.45, 7) is 11.1. The van der Waals surface area contributed by atoms with Crippen molar-refractivity contribution >= 4 is 29.0 Å². The van der Waals surface area contributed by atoms with Crippen molar-refractivity contribution in [3.63, 3.8) is 0 Å². The number of aromatic nitrogens is 1. The summed E-state index contributed by atoms with van der Waals surface area (Å²) < 4.78 is 44.1. The highest BCUT2D eigenvalue weighted by Crippen LogP contribution is 2.44. The maximum absolute atomic E-state index is 15.7. The standard InChI is InChI=1S/C38H49FN4O5S/c1-35(2,3)48-34(45)43-25-37(47-7,27-11-9-8-10-12-27)24-32(43)33(44)41-31-23-29(15-16-30(31)39)38(20-17-26-13-14-26,28-18-21-40-22-19-28)42-49(46)36(4,5)6/h8-12,15-16,18-19,21-23,26,32,42H,13-14,17,20,24-25H2,1-7H3,(H,41,44)/t32-,37+,38+,49?/m0/s1. The lowest BCUT2D eigenvalue weighted by molar-refractivity contribution is -0.120. The van der Waals surface area contributed by atoms with Crippen molar-refractivity contribution in [2.24, 2.45) is 5.92 Å². The fourth-order valence-corrected chi connectivity index (χ4v) is 7.30. The van der Waals surface area contributed by atoms with Gasteiger partial charge in [0.05, 0.1) is 12.2 Å². The molecule has 1 unspecified atom stereocenters. The molecule has 0 spiro atoms. The summed E-state index contributed by atoms with van der Waals surface area (Å²) >= 11 is -1.50. The van der Waals surface area contributed by atoms with Crippen molar-refractivity contribution in [1.29, 1.82) is 0 Å². The second-order valence-corrected chi connectivity index (χ2v) is 17.1. The van der Waals surface area contributed by atoms with E-state index in [0.717, 1.165) is 30.4 Å². The molecule has 0 radical (unpaired) electrons. The van der Waals surface area contributed by atoms with Gasteiger partial charge in [-0.1, -0.05) is 49.2 Å². The van der Waals surface area contributed by atoms with Crippen molar-refractivity contribution in [3.8, 4) is 0 Å². The van der Waals surface area contributed by atoms with Crippen molar-refractivity contribution < 1.29 is 28.0 Å². The lowest BCUT2D eigenvalue weighted by atomic mass is 9.79. The Bertz CT molecular complexity index is 1610. The molecule has 2 N–H and O–H groups in total. The third-order valence-corrected chi connectivity index (χ3v) is 10.9. The lowest BCUT2D eigenvalue weighted by Crippen LogP contribution is -2.52. The number of nitrogens with zero attached hydrogens (tertiary/aromatic N) is 2. The van der Waals surface area contributed by atoms with E-state index in [0.29, 0.717) is 17.9 Å². The molecule has 2 fully saturated rings. The number of rotatable bonds is 11. The van der Waals surface area contributed by atoms with Gasteiger partial charge >= 0.3 is 6.09 Å². The number of nitrogens with one attached hydrogen (secondary N) is 2. The SMILES string of the molecule is CO[C@]1(c2ccccc2)C[C@@H](C(=O)Nc2cc([C@](CCC3CC3)(N[S+]([O-])C(C)(C)C)c3ccncc3)ccc2F)N(C(=O)OC(C)(C)C)C1. The smallest absolute Gasteiger partial charge is 0.411 e. The molecule has 2 amide bonds. The van der Waals surface area contributed by atoms with Crippen LogP contribution < -0.4 is 10.0 Å². The molecule has 264 valence electrons. The first-order chi connectivity index (χ1) is 23.1. The van der Waals surface area contributed by atoms with Crippen molar-refractivity contribution in [3.05, 3.63) is 95.6 Å². The first-order valence-corrected chi connectivity index (χ1v) is 18.0. The molecule has 3 aromatic rings. The molecule has 2 aromatic carbocycles. The third-order valence-electron chi connectivity index (χ3n) is 9.28. The van der Waals surface area contributed by atoms with Crippen LogP contribution >= 0.6 is 0 Å². The van der Waals surface area contributed by atoms with Crippen molar-refractivity contribution in [2.75, 3.05) is 19.0 Å². The van der Waals surface area contributed by atoms with Crippen LogP contribution in [0.15, 0.2) is 73.1 Å². The number of carbonyl (C=O) groups is 2. The molecule has 2 aliphatic rings. The molecule has 1 aliphatic heterocycles. The molecule has 1 aliphatic carbocycles. The molecule has 1 saturated carbocycles. The number of hydrogen-bond acceptors (Lipinski definition) is 7. The van der Waals surface area contributed by atoms with Crippen LogP contribution in [0.25, 0.3) is 0 Å². The molecular formula is C38H49FN4O5S. The number of hydrogen-bond donors (Lipinski definition) is 2. The van der Waals surface area contributed by atoms with Crippen molar-refractivity contribution in [2.45, 2.75) is 101 Å². The highest BCUT2D eigenvalue weighted by molar-refractivity contribution is 7.90. The van der Waals surface area contributed by atoms with Crippen LogP contribution in [0.4, 0.5) is 14.9 Å². The van der Waals surface area contributed by atoms with Gasteiger partial charge in [0.15, 0.2) is 0 Å². The van der Waals surface area contributed by atoms with E-state index >= 15 is 4.39 Å². The summed E-state index contributed by atoms with van der Waals surface area (Å²) in [6.07, 6.45) is 6.61. The zero-order valence-electron chi connectivity index (χ0n) is 29.5. The number of halogens is 1. The van der Waals surface area contributed by atoms with E-state index in [9.17, 15) is 14.1 Å². The van der Waals surface area contributed by atoms with E-state index in [2.05, 4.69) is 15.0 Å². The van der Waals surface area contributed by atoms with E-state index in [-0.39, 0.29) is 18.7 Å². The van der Waals surface area contributed by atoms with Crippen LogP contribution in [0.2, 0.25) is 0 Å². The number of carbonyl (C=O) groups excluding carboxylic acids is 2. The van der Waals surface area contributed by atoms with E-state index in [4.69, 9.17) is 9.47 Å². The fourth-order valence-electron chi connectivity index (χ4n) is 6.34. The predicted molar refractivity (Wildman–Crippen MR) is 190 cm³/mol. The summed E-state index contributed by atoms with van der Waals surface area (Å²) in [4.78, 5) is 33.3. The number of amides is 2. The fraction of sp³-hybridized carbons (Fsp3) is 0.500. The molecule has 0 bridgehead atoms. The minimum absolute atomic E-state index is 0.0468. The Morgan fingerprint density at radius 2 is 1.69 bits per heavy atom. The molecule has 49 heavy (non-hydrogen) atoms. The zero-order chi connectivity index (χ0) is 35.6. The van der Waals surface area contributed by atoms with E-state index in [1.54, 1.807) is 52.4 Å². The zero-order valence-corrected chi connectivity index (χ0v) is 30.4. The Balaban J connectivity index is 1.53. The number of likely N-dealkylation sites (tertiary alicyclic amines) is 1. The van der Waals surface area contributed by atoms with Gasteiger partial charge in [0.2, 0.25) is 5.91 Å². The van der Waals surface area contributed by atoms with Gasteiger partial charge in [-0.15, -0.1) is 4.72 Å². The van der Waals surface area contributed by atoms with E-state index in [1.807, 2.05) is 63.2 Å². The third kappa shape index (κ3) is 8.45. The summed E-state index contributed by atoms with van der Waals surface area (Å²) in [7, 11) is 1.55. The van der Waals surface area contributed by atoms with Gasteiger partial charge in [0, 0.05) is 37.3 Å². The predicted octanol–water partition coefficient (Wildman–Crippen LogP) is 7.20. The van der Waals surface area contributed by atoms with Crippen LogP contribution in [0.3, 0.4) is 0 Å². The van der Waals surface area contributed by atoms with Crippen molar-refractivity contribution in [1.82, 2.24) is 14.6 Å². The molecule has 1 aromatic heterocycles. The molecule has 2 heterocycles. The average molecular weight is 693 g/mol. The monoisotopic (exact) mass is 692 g/mol. The molecule has 1 saturated heterocycles. The largest absolute Gasteiger partial charge is 0.598 e. The van der Waals surface area contributed by atoms with Crippen LogP contribution in [0.1, 0.15) is 90.3 Å². The number of anilines is 1. The second-order valence-electron chi connectivity index (χ2n) is 15.2. The molecular weight excluding hydrogens is 644 g/mol. The highest BCUT2D eigenvalue weighted by Gasteiger charge is 2.51. The van der Waals surface area contributed by atoms with E-state index in [1.165, 1.54) is 11.0 Å². The Kier molecular flexibility index (Phi) is 10.8. The summed E-state index contributed by atoms with van der Waals surface area (Å²) in [5.74, 6) is -0.643. The second kappa shape index (κ2) is 14.4. The van der Waals surface area contributed by atoms with Crippen LogP contribution in [-0.2, 0) is 36.8 Å². The number of pyridine rings is 1. The molecule has 11 heteroatoms. The minimum Gasteiger partial charge on any atom is -0.598 e. The molecule has 9 nitrogen and oxygen atoms in total. The molecule has 5 rings (SSSR count). The van der Waals surface area contributed by atoms with Gasteiger partial charge in [-0.25, -0.2) is 9.18 Å². The Morgan fingerprint density at radius 1 is 1.02 bits per heavy atom. The van der Waals surface area contributed by atoms with Gasteiger partial charge in [-0.3, -0.25) is 14.7 Å². The molecule has 4 atom stereocenters. The number of benzene rings is 2. The maximum Gasteiger partial charge on any atom is 0.411 e. The number of methoxy groups -OCH3 is 1. The summed E-state index contributed by atoms with van der Waals surface area (Å²) in [5.41, 5.74) is -0.504. The Labute approximate surface area is 292 Å². The average Bonchev–Trinajstić information content (AvgIpc) is 3.80.